The van der Waals surface area contributed by atoms with E-state index in [4.69, 9.17) is 4.74 Å². The molecular weight excluding hydrogens is 268 g/mol. The predicted octanol–water partition coefficient (Wildman–Crippen LogP) is 2.01. The molecule has 0 aliphatic rings. The average Bonchev–Trinajstić information content (AvgIpc) is 2.46. The molecule has 3 N–H and O–H groups in total. The van der Waals surface area contributed by atoms with E-state index in [0.717, 1.165) is 23.3 Å². The van der Waals surface area contributed by atoms with Crippen LogP contribution in [0.15, 0.2) is 18.2 Å². The maximum Gasteiger partial charge on any atom is 0.314 e. The summed E-state index contributed by atoms with van der Waals surface area (Å²) in [6.45, 7) is 4.83. The van der Waals surface area contributed by atoms with Gasteiger partial charge in [0.05, 0.1) is 13.2 Å². The standard InChI is InChI=1S/C16H26N2O3/c1-4-5-14(19)11-18-16(20)17-9-8-13-10-12(2)6-7-15(13)21-3/h6-7,10,14,19H,4-5,8-9,11H2,1-3H3,(H2,17,18,20). The van der Waals surface area contributed by atoms with Crippen molar-refractivity contribution < 1.29 is 14.6 Å². The number of amides is 2. The monoisotopic (exact) mass is 294 g/mol. The second-order valence-corrected chi connectivity index (χ2v) is 5.14. The maximum atomic E-state index is 11.6. The van der Waals surface area contributed by atoms with Gasteiger partial charge in [0.25, 0.3) is 0 Å². The molecule has 0 aliphatic heterocycles. The van der Waals surface area contributed by atoms with E-state index >= 15 is 0 Å². The molecule has 5 nitrogen and oxygen atoms in total. The first-order valence-corrected chi connectivity index (χ1v) is 7.40. The first-order chi connectivity index (χ1) is 10.1. The Morgan fingerprint density at radius 3 is 2.81 bits per heavy atom. The Morgan fingerprint density at radius 2 is 2.14 bits per heavy atom. The summed E-state index contributed by atoms with van der Waals surface area (Å²) >= 11 is 0. The zero-order chi connectivity index (χ0) is 15.7. The number of carbonyl (C=O) groups is 1. The molecule has 0 aliphatic carbocycles. The summed E-state index contributed by atoms with van der Waals surface area (Å²) in [6.07, 6.45) is 1.83. The number of benzene rings is 1. The minimum Gasteiger partial charge on any atom is -0.496 e. The summed E-state index contributed by atoms with van der Waals surface area (Å²) in [5.41, 5.74) is 2.24. The number of urea groups is 1. The first kappa shape index (κ1) is 17.3. The van der Waals surface area contributed by atoms with Gasteiger partial charge < -0.3 is 20.5 Å². The van der Waals surface area contributed by atoms with Crippen molar-refractivity contribution in [1.29, 1.82) is 0 Å². The van der Waals surface area contributed by atoms with Crippen LogP contribution < -0.4 is 15.4 Å². The molecule has 0 spiro atoms. The zero-order valence-electron chi connectivity index (χ0n) is 13.1. The smallest absolute Gasteiger partial charge is 0.314 e. The molecule has 1 aromatic rings. The van der Waals surface area contributed by atoms with Crippen LogP contribution in [0.3, 0.4) is 0 Å². The highest BCUT2D eigenvalue weighted by Gasteiger charge is 2.07. The van der Waals surface area contributed by atoms with Gasteiger partial charge >= 0.3 is 6.03 Å². The van der Waals surface area contributed by atoms with Crippen LogP contribution in [0.25, 0.3) is 0 Å². The van der Waals surface area contributed by atoms with Crippen molar-refractivity contribution in [1.82, 2.24) is 10.6 Å². The molecule has 118 valence electrons. The molecule has 1 unspecified atom stereocenters. The van der Waals surface area contributed by atoms with Crippen LogP contribution in [0.2, 0.25) is 0 Å². The molecule has 21 heavy (non-hydrogen) atoms. The Bertz CT molecular complexity index is 449. The molecule has 0 heterocycles. The van der Waals surface area contributed by atoms with Crippen molar-refractivity contribution in [3.8, 4) is 5.75 Å². The highest BCUT2D eigenvalue weighted by atomic mass is 16.5. The van der Waals surface area contributed by atoms with E-state index in [0.29, 0.717) is 19.4 Å². The lowest BCUT2D eigenvalue weighted by Crippen LogP contribution is -2.40. The van der Waals surface area contributed by atoms with E-state index in [-0.39, 0.29) is 12.6 Å². The minimum absolute atomic E-state index is 0.253. The summed E-state index contributed by atoms with van der Waals surface area (Å²) in [5, 5.41) is 15.0. The summed E-state index contributed by atoms with van der Waals surface area (Å²) in [7, 11) is 1.64. The fourth-order valence-electron chi connectivity index (χ4n) is 2.12. The molecule has 0 radical (unpaired) electrons. The number of hydrogen-bond acceptors (Lipinski definition) is 3. The molecule has 5 heteroatoms. The first-order valence-electron chi connectivity index (χ1n) is 7.40. The van der Waals surface area contributed by atoms with Crippen molar-refractivity contribution in [2.24, 2.45) is 0 Å². The summed E-state index contributed by atoms with van der Waals surface area (Å²) in [5.74, 6) is 0.834. The molecular formula is C16H26N2O3. The lowest BCUT2D eigenvalue weighted by Gasteiger charge is -2.13. The van der Waals surface area contributed by atoms with Gasteiger partial charge in [0.15, 0.2) is 0 Å². The highest BCUT2D eigenvalue weighted by Crippen LogP contribution is 2.19. The van der Waals surface area contributed by atoms with Gasteiger partial charge in [-0.2, -0.15) is 0 Å². The Labute approximate surface area is 126 Å². The van der Waals surface area contributed by atoms with E-state index in [2.05, 4.69) is 16.7 Å². The van der Waals surface area contributed by atoms with E-state index < -0.39 is 6.10 Å². The van der Waals surface area contributed by atoms with E-state index in [1.54, 1.807) is 7.11 Å². The van der Waals surface area contributed by atoms with E-state index in [1.165, 1.54) is 0 Å². The van der Waals surface area contributed by atoms with Gasteiger partial charge in [0.1, 0.15) is 5.75 Å². The minimum atomic E-state index is -0.474. The van der Waals surface area contributed by atoms with Gasteiger partial charge in [0, 0.05) is 13.1 Å². The van der Waals surface area contributed by atoms with Gasteiger partial charge in [-0.05, 0) is 31.4 Å². The Hall–Kier alpha value is -1.75. The second-order valence-electron chi connectivity index (χ2n) is 5.14. The normalized spacial score (nSPS) is 11.8. The lowest BCUT2D eigenvalue weighted by molar-refractivity contribution is 0.160. The van der Waals surface area contributed by atoms with Crippen LogP contribution in [0.4, 0.5) is 4.79 Å². The number of aliphatic hydroxyl groups excluding tert-OH is 1. The van der Waals surface area contributed by atoms with Crippen LogP contribution in [-0.2, 0) is 6.42 Å². The number of hydrogen-bond donors (Lipinski definition) is 3. The third-order valence-electron chi connectivity index (χ3n) is 3.24. The number of aryl methyl sites for hydroxylation is 1. The third-order valence-corrected chi connectivity index (χ3v) is 3.24. The lowest BCUT2D eigenvalue weighted by atomic mass is 10.1. The van der Waals surface area contributed by atoms with Gasteiger partial charge in [-0.15, -0.1) is 0 Å². The van der Waals surface area contributed by atoms with E-state index in [9.17, 15) is 9.90 Å². The molecule has 1 atom stereocenters. The molecule has 2 amide bonds. The molecule has 0 aromatic heterocycles. The molecule has 0 bridgehead atoms. The summed E-state index contributed by atoms with van der Waals surface area (Å²) in [4.78, 5) is 11.6. The number of nitrogens with one attached hydrogen (secondary N) is 2. The summed E-state index contributed by atoms with van der Waals surface area (Å²) in [6, 6.07) is 5.74. The van der Waals surface area contributed by atoms with Crippen molar-refractivity contribution in [3.05, 3.63) is 29.3 Å². The van der Waals surface area contributed by atoms with Crippen molar-refractivity contribution in [3.63, 3.8) is 0 Å². The number of ether oxygens (including phenoxy) is 1. The van der Waals surface area contributed by atoms with Crippen molar-refractivity contribution in [2.75, 3.05) is 20.2 Å². The van der Waals surface area contributed by atoms with Crippen molar-refractivity contribution >= 4 is 6.03 Å². The highest BCUT2D eigenvalue weighted by molar-refractivity contribution is 5.73. The fourth-order valence-corrected chi connectivity index (χ4v) is 2.12. The molecule has 1 aromatic carbocycles. The number of methoxy groups -OCH3 is 1. The maximum absolute atomic E-state index is 11.6. The molecule has 0 saturated carbocycles. The topological polar surface area (TPSA) is 70.6 Å². The number of rotatable bonds is 8. The Balaban J connectivity index is 2.33. The van der Waals surface area contributed by atoms with Crippen LogP contribution in [0, 0.1) is 6.92 Å². The van der Waals surface area contributed by atoms with Gasteiger partial charge in [0.2, 0.25) is 0 Å². The molecule has 1 rings (SSSR count). The van der Waals surface area contributed by atoms with Crippen LogP contribution >= 0.6 is 0 Å². The SMILES string of the molecule is CCCC(O)CNC(=O)NCCc1cc(C)ccc1OC. The Morgan fingerprint density at radius 1 is 1.38 bits per heavy atom. The van der Waals surface area contributed by atoms with E-state index in [1.807, 2.05) is 26.0 Å². The van der Waals surface area contributed by atoms with Crippen molar-refractivity contribution in [2.45, 2.75) is 39.2 Å². The quantitative estimate of drug-likeness (QED) is 0.687. The number of carbonyl (C=O) groups excluding carboxylic acids is 1. The second kappa shape index (κ2) is 9.23. The van der Waals surface area contributed by atoms with Crippen LogP contribution in [0.5, 0.6) is 5.75 Å². The van der Waals surface area contributed by atoms with Crippen LogP contribution in [0.1, 0.15) is 30.9 Å². The largest absolute Gasteiger partial charge is 0.496 e. The fraction of sp³-hybridized carbons (Fsp3) is 0.562. The van der Waals surface area contributed by atoms with Gasteiger partial charge in [-0.1, -0.05) is 31.0 Å². The summed E-state index contributed by atoms with van der Waals surface area (Å²) < 4.78 is 5.30. The molecule has 0 fully saturated rings. The Kier molecular flexibility index (Phi) is 7.61. The molecule has 0 saturated heterocycles. The van der Waals surface area contributed by atoms with Gasteiger partial charge in [-0.3, -0.25) is 0 Å². The van der Waals surface area contributed by atoms with Gasteiger partial charge in [-0.25, -0.2) is 4.79 Å². The zero-order valence-corrected chi connectivity index (χ0v) is 13.1. The van der Waals surface area contributed by atoms with Crippen LogP contribution in [-0.4, -0.2) is 37.4 Å². The average molecular weight is 294 g/mol. The third kappa shape index (κ3) is 6.49. The predicted molar refractivity (Wildman–Crippen MR) is 83.8 cm³/mol. The number of aliphatic hydroxyl groups is 1.